The SMILES string of the molecule is O=C1CCC(N2C=Nc3cc(F)ccc3C2O)C(=O)N1. The fourth-order valence-corrected chi connectivity index (χ4v) is 2.42. The van der Waals surface area contributed by atoms with Crippen molar-refractivity contribution in [2.24, 2.45) is 4.99 Å². The van der Waals surface area contributed by atoms with Crippen LogP contribution in [0.2, 0.25) is 0 Å². The molecule has 0 radical (unpaired) electrons. The van der Waals surface area contributed by atoms with Crippen LogP contribution in [-0.4, -0.2) is 34.2 Å². The largest absolute Gasteiger partial charge is 0.369 e. The van der Waals surface area contributed by atoms with Crippen molar-refractivity contribution in [1.29, 1.82) is 0 Å². The summed E-state index contributed by atoms with van der Waals surface area (Å²) in [5.74, 6) is -1.22. The molecule has 1 saturated heterocycles. The number of fused-ring (bicyclic) bond motifs is 1. The van der Waals surface area contributed by atoms with E-state index in [0.717, 1.165) is 0 Å². The minimum atomic E-state index is -1.09. The molecule has 6 nitrogen and oxygen atoms in total. The molecule has 0 saturated carbocycles. The van der Waals surface area contributed by atoms with Crippen molar-refractivity contribution in [3.8, 4) is 0 Å². The van der Waals surface area contributed by atoms with Gasteiger partial charge >= 0.3 is 0 Å². The number of nitrogens with one attached hydrogen (secondary N) is 1. The standard InChI is InChI=1S/C13H12FN3O3/c14-7-1-2-8-9(5-7)15-6-17(13(8)20)10-3-4-11(18)16-12(10)19/h1-2,5-6,10,13,20H,3-4H2,(H,16,18,19). The fraction of sp³-hybridized carbons (Fsp3) is 0.308. The van der Waals surface area contributed by atoms with E-state index in [1.165, 1.54) is 29.4 Å². The first-order chi connectivity index (χ1) is 9.56. The van der Waals surface area contributed by atoms with Crippen molar-refractivity contribution in [3.05, 3.63) is 29.6 Å². The van der Waals surface area contributed by atoms with E-state index >= 15 is 0 Å². The molecule has 104 valence electrons. The first-order valence-electron chi connectivity index (χ1n) is 6.19. The molecular weight excluding hydrogens is 265 g/mol. The maximum atomic E-state index is 13.1. The molecular formula is C13H12FN3O3. The highest BCUT2D eigenvalue weighted by molar-refractivity contribution is 6.01. The Morgan fingerprint density at radius 2 is 2.20 bits per heavy atom. The van der Waals surface area contributed by atoms with Crippen molar-refractivity contribution >= 4 is 23.8 Å². The Labute approximate surface area is 113 Å². The average molecular weight is 277 g/mol. The minimum Gasteiger partial charge on any atom is -0.369 e. The number of aliphatic hydroxyl groups excluding tert-OH is 1. The molecule has 1 aromatic rings. The van der Waals surface area contributed by atoms with Crippen LogP contribution < -0.4 is 5.32 Å². The third kappa shape index (κ3) is 2.05. The summed E-state index contributed by atoms with van der Waals surface area (Å²) in [5.41, 5.74) is 0.764. The zero-order valence-electron chi connectivity index (χ0n) is 10.4. The second-order valence-electron chi connectivity index (χ2n) is 4.74. The highest BCUT2D eigenvalue weighted by Gasteiger charge is 2.36. The number of hydrogen-bond donors (Lipinski definition) is 2. The van der Waals surface area contributed by atoms with Crippen LogP contribution in [0.4, 0.5) is 10.1 Å². The maximum Gasteiger partial charge on any atom is 0.249 e. The Balaban J connectivity index is 1.89. The molecule has 2 amide bonds. The van der Waals surface area contributed by atoms with Gasteiger partial charge in [-0.3, -0.25) is 14.9 Å². The highest BCUT2D eigenvalue weighted by Crippen LogP contribution is 2.33. The van der Waals surface area contributed by atoms with Crippen molar-refractivity contribution in [3.63, 3.8) is 0 Å². The van der Waals surface area contributed by atoms with Gasteiger partial charge in [-0.2, -0.15) is 0 Å². The van der Waals surface area contributed by atoms with Gasteiger partial charge in [-0.1, -0.05) is 0 Å². The average Bonchev–Trinajstić information content (AvgIpc) is 2.40. The number of nitrogens with zero attached hydrogens (tertiary/aromatic N) is 2. The number of piperidine rings is 1. The summed E-state index contributed by atoms with van der Waals surface area (Å²) in [7, 11) is 0. The van der Waals surface area contributed by atoms with Crippen molar-refractivity contribution in [2.75, 3.05) is 0 Å². The van der Waals surface area contributed by atoms with E-state index in [-0.39, 0.29) is 12.3 Å². The van der Waals surface area contributed by atoms with Gasteiger partial charge in [0.05, 0.1) is 12.0 Å². The molecule has 0 aliphatic carbocycles. The molecule has 2 heterocycles. The van der Waals surface area contributed by atoms with Gasteiger partial charge < -0.3 is 10.0 Å². The van der Waals surface area contributed by atoms with Crippen LogP contribution in [0.5, 0.6) is 0 Å². The van der Waals surface area contributed by atoms with Crippen molar-refractivity contribution in [2.45, 2.75) is 25.1 Å². The molecule has 0 aromatic heterocycles. The van der Waals surface area contributed by atoms with Crippen LogP contribution in [0, 0.1) is 5.82 Å². The van der Waals surface area contributed by atoms with Crippen LogP contribution in [0.25, 0.3) is 0 Å². The lowest BCUT2D eigenvalue weighted by Crippen LogP contribution is -2.53. The zero-order chi connectivity index (χ0) is 14.3. The van der Waals surface area contributed by atoms with Crippen LogP contribution >= 0.6 is 0 Å². The minimum absolute atomic E-state index is 0.212. The van der Waals surface area contributed by atoms with E-state index in [2.05, 4.69) is 10.3 Å². The molecule has 7 heteroatoms. The van der Waals surface area contributed by atoms with Crippen LogP contribution in [0.1, 0.15) is 24.6 Å². The number of halogens is 1. The molecule has 0 spiro atoms. The van der Waals surface area contributed by atoms with Gasteiger partial charge in [-0.05, 0) is 24.6 Å². The van der Waals surface area contributed by atoms with Gasteiger partial charge in [-0.15, -0.1) is 0 Å². The van der Waals surface area contributed by atoms with Crippen LogP contribution in [0.3, 0.4) is 0 Å². The normalized spacial score (nSPS) is 25.4. The third-order valence-electron chi connectivity index (χ3n) is 3.45. The van der Waals surface area contributed by atoms with E-state index in [9.17, 15) is 19.1 Å². The lowest BCUT2D eigenvalue weighted by atomic mass is 10.0. The lowest BCUT2D eigenvalue weighted by molar-refractivity contribution is -0.138. The lowest BCUT2D eigenvalue weighted by Gasteiger charge is -2.37. The molecule has 1 aromatic carbocycles. The van der Waals surface area contributed by atoms with Gasteiger partial charge in [0.15, 0.2) is 6.23 Å². The van der Waals surface area contributed by atoms with E-state index in [0.29, 0.717) is 17.7 Å². The zero-order valence-corrected chi connectivity index (χ0v) is 10.4. The highest BCUT2D eigenvalue weighted by atomic mass is 19.1. The van der Waals surface area contributed by atoms with E-state index < -0.39 is 24.0 Å². The summed E-state index contributed by atoms with van der Waals surface area (Å²) >= 11 is 0. The van der Waals surface area contributed by atoms with E-state index in [1.807, 2.05) is 0 Å². The first kappa shape index (κ1) is 12.7. The number of aliphatic hydroxyl groups is 1. The maximum absolute atomic E-state index is 13.1. The molecule has 2 atom stereocenters. The number of aliphatic imine (C=N–C) groups is 1. The van der Waals surface area contributed by atoms with Gasteiger partial charge in [0.25, 0.3) is 0 Å². The van der Waals surface area contributed by atoms with Gasteiger partial charge in [0.2, 0.25) is 11.8 Å². The number of carbonyl (C=O) groups excluding carboxylic acids is 2. The summed E-state index contributed by atoms with van der Waals surface area (Å²) in [6.45, 7) is 0. The number of rotatable bonds is 1. The first-order valence-corrected chi connectivity index (χ1v) is 6.19. The summed E-state index contributed by atoms with van der Waals surface area (Å²) in [6.07, 6.45) is 0.743. The fourth-order valence-electron chi connectivity index (χ4n) is 2.42. The van der Waals surface area contributed by atoms with Gasteiger partial charge in [0.1, 0.15) is 11.9 Å². The van der Waals surface area contributed by atoms with Gasteiger partial charge in [-0.25, -0.2) is 9.38 Å². The quantitative estimate of drug-likeness (QED) is 0.736. The second-order valence-corrected chi connectivity index (χ2v) is 4.74. The Kier molecular flexibility index (Phi) is 2.98. The number of hydrogen-bond acceptors (Lipinski definition) is 5. The molecule has 20 heavy (non-hydrogen) atoms. The summed E-state index contributed by atoms with van der Waals surface area (Å²) in [6, 6.07) is 3.22. The molecule has 0 bridgehead atoms. The molecule has 1 fully saturated rings. The number of benzene rings is 1. The Morgan fingerprint density at radius 1 is 1.40 bits per heavy atom. The number of carbonyl (C=O) groups is 2. The van der Waals surface area contributed by atoms with Crippen LogP contribution in [-0.2, 0) is 9.59 Å². The van der Waals surface area contributed by atoms with E-state index in [1.54, 1.807) is 0 Å². The van der Waals surface area contributed by atoms with E-state index in [4.69, 9.17) is 0 Å². The molecule has 2 N–H and O–H groups in total. The smallest absolute Gasteiger partial charge is 0.249 e. The van der Waals surface area contributed by atoms with Crippen LogP contribution in [0.15, 0.2) is 23.2 Å². The summed E-state index contributed by atoms with van der Waals surface area (Å²) in [4.78, 5) is 28.4. The Morgan fingerprint density at radius 3 is 2.95 bits per heavy atom. The third-order valence-corrected chi connectivity index (χ3v) is 3.45. The number of imide groups is 1. The number of amides is 2. The predicted octanol–water partition coefficient (Wildman–Crippen LogP) is 0.597. The second kappa shape index (κ2) is 4.68. The molecule has 2 aliphatic rings. The molecule has 3 rings (SSSR count). The Bertz CT molecular complexity index is 617. The Hall–Kier alpha value is -2.28. The van der Waals surface area contributed by atoms with Gasteiger partial charge in [0, 0.05) is 12.0 Å². The monoisotopic (exact) mass is 277 g/mol. The van der Waals surface area contributed by atoms with Crippen molar-refractivity contribution < 1.29 is 19.1 Å². The summed E-state index contributed by atoms with van der Waals surface area (Å²) < 4.78 is 13.1. The molecule has 2 aliphatic heterocycles. The predicted molar refractivity (Wildman–Crippen MR) is 67.5 cm³/mol. The van der Waals surface area contributed by atoms with Crippen molar-refractivity contribution in [1.82, 2.24) is 10.2 Å². The molecule has 2 unspecified atom stereocenters. The summed E-state index contributed by atoms with van der Waals surface area (Å²) in [5, 5.41) is 12.5. The topological polar surface area (TPSA) is 82.0 Å².